The van der Waals surface area contributed by atoms with Crippen LogP contribution < -0.4 is 4.74 Å². The zero-order chi connectivity index (χ0) is 12.5. The Labute approximate surface area is 118 Å². The summed E-state index contributed by atoms with van der Waals surface area (Å²) in [6.07, 6.45) is 7.84. The van der Waals surface area contributed by atoms with Gasteiger partial charge in [-0.05, 0) is 46.1 Å². The SMILES string of the molecule is CCCCCC(CCC)COc1ccsc1Br. The lowest BCUT2D eigenvalue weighted by Crippen LogP contribution is -2.12. The summed E-state index contributed by atoms with van der Waals surface area (Å²) >= 11 is 5.20. The van der Waals surface area contributed by atoms with Gasteiger partial charge in [-0.15, -0.1) is 11.3 Å². The Morgan fingerprint density at radius 1 is 1.24 bits per heavy atom. The van der Waals surface area contributed by atoms with Crippen molar-refractivity contribution in [2.75, 3.05) is 6.61 Å². The van der Waals surface area contributed by atoms with Crippen LogP contribution in [0.5, 0.6) is 5.75 Å². The van der Waals surface area contributed by atoms with Crippen molar-refractivity contribution in [3.8, 4) is 5.75 Å². The highest BCUT2D eigenvalue weighted by Crippen LogP contribution is 2.31. The van der Waals surface area contributed by atoms with Crippen LogP contribution in [0.2, 0.25) is 0 Å². The topological polar surface area (TPSA) is 9.23 Å². The zero-order valence-corrected chi connectivity index (χ0v) is 13.3. The second kappa shape index (κ2) is 8.98. The fourth-order valence-corrected chi connectivity index (χ4v) is 3.12. The average molecular weight is 319 g/mol. The molecule has 0 N–H and O–H groups in total. The van der Waals surface area contributed by atoms with Crippen LogP contribution in [0.25, 0.3) is 0 Å². The van der Waals surface area contributed by atoms with Crippen LogP contribution in [0.4, 0.5) is 0 Å². The number of hydrogen-bond donors (Lipinski definition) is 0. The van der Waals surface area contributed by atoms with Gasteiger partial charge in [0.1, 0.15) is 9.54 Å². The zero-order valence-electron chi connectivity index (χ0n) is 10.9. The van der Waals surface area contributed by atoms with Crippen LogP contribution in [0.15, 0.2) is 15.2 Å². The molecule has 3 heteroatoms. The molecule has 17 heavy (non-hydrogen) atoms. The predicted octanol–water partition coefficient (Wildman–Crippen LogP) is 5.89. The van der Waals surface area contributed by atoms with Crippen LogP contribution in [-0.2, 0) is 0 Å². The lowest BCUT2D eigenvalue weighted by molar-refractivity contribution is 0.227. The highest BCUT2D eigenvalue weighted by molar-refractivity contribution is 9.11. The molecule has 1 aromatic rings. The van der Waals surface area contributed by atoms with Gasteiger partial charge in [0.05, 0.1) is 6.61 Å². The van der Waals surface area contributed by atoms with Crippen molar-refractivity contribution in [3.63, 3.8) is 0 Å². The van der Waals surface area contributed by atoms with Gasteiger partial charge in [0.2, 0.25) is 0 Å². The molecule has 0 fully saturated rings. The normalized spacial score (nSPS) is 12.6. The Bertz CT molecular complexity index is 298. The molecule has 1 aromatic heterocycles. The molecule has 0 spiro atoms. The monoisotopic (exact) mass is 318 g/mol. The van der Waals surface area contributed by atoms with Gasteiger partial charge in [-0.25, -0.2) is 0 Å². The number of unbranched alkanes of at least 4 members (excludes halogenated alkanes) is 2. The van der Waals surface area contributed by atoms with Crippen molar-refractivity contribution in [2.24, 2.45) is 5.92 Å². The maximum atomic E-state index is 5.89. The Kier molecular flexibility index (Phi) is 7.95. The molecule has 0 aliphatic carbocycles. The van der Waals surface area contributed by atoms with Crippen molar-refractivity contribution >= 4 is 27.3 Å². The van der Waals surface area contributed by atoms with E-state index in [0.29, 0.717) is 0 Å². The van der Waals surface area contributed by atoms with Gasteiger partial charge in [-0.2, -0.15) is 0 Å². The van der Waals surface area contributed by atoms with Crippen molar-refractivity contribution in [1.29, 1.82) is 0 Å². The molecule has 1 atom stereocenters. The van der Waals surface area contributed by atoms with Gasteiger partial charge in [0.15, 0.2) is 0 Å². The molecule has 0 amide bonds. The predicted molar refractivity (Wildman–Crippen MR) is 80.1 cm³/mol. The summed E-state index contributed by atoms with van der Waals surface area (Å²) in [6, 6.07) is 2.05. The van der Waals surface area contributed by atoms with E-state index in [1.54, 1.807) is 11.3 Å². The Morgan fingerprint density at radius 2 is 2.06 bits per heavy atom. The van der Waals surface area contributed by atoms with Crippen LogP contribution in [0.3, 0.4) is 0 Å². The van der Waals surface area contributed by atoms with Gasteiger partial charge in [-0.3, -0.25) is 0 Å². The third kappa shape index (κ3) is 5.91. The van der Waals surface area contributed by atoms with Crippen LogP contribution in [0.1, 0.15) is 52.4 Å². The maximum Gasteiger partial charge on any atom is 0.144 e. The van der Waals surface area contributed by atoms with Crippen molar-refractivity contribution in [2.45, 2.75) is 52.4 Å². The molecule has 0 aliphatic heterocycles. The standard InChI is InChI=1S/C14H23BrOS/c1-3-5-6-8-12(7-4-2)11-16-13-9-10-17-14(13)15/h9-10,12H,3-8,11H2,1-2H3. The summed E-state index contributed by atoms with van der Waals surface area (Å²) in [5.41, 5.74) is 0. The van der Waals surface area contributed by atoms with E-state index in [0.717, 1.165) is 22.1 Å². The van der Waals surface area contributed by atoms with E-state index in [1.807, 2.05) is 6.07 Å². The first-order chi connectivity index (χ1) is 8.27. The number of thiophene rings is 1. The van der Waals surface area contributed by atoms with Gasteiger partial charge in [0, 0.05) is 0 Å². The molecule has 0 bridgehead atoms. The minimum Gasteiger partial charge on any atom is -0.491 e. The molecular formula is C14H23BrOS. The van der Waals surface area contributed by atoms with Crippen LogP contribution in [-0.4, -0.2) is 6.61 Å². The number of halogens is 1. The summed E-state index contributed by atoms with van der Waals surface area (Å²) < 4.78 is 7.00. The van der Waals surface area contributed by atoms with Gasteiger partial charge in [-0.1, -0.05) is 39.5 Å². The van der Waals surface area contributed by atoms with E-state index in [9.17, 15) is 0 Å². The third-order valence-electron chi connectivity index (χ3n) is 2.97. The van der Waals surface area contributed by atoms with Gasteiger partial charge in [0.25, 0.3) is 0 Å². The van der Waals surface area contributed by atoms with Gasteiger partial charge < -0.3 is 4.74 Å². The van der Waals surface area contributed by atoms with Crippen LogP contribution >= 0.6 is 27.3 Å². The lowest BCUT2D eigenvalue weighted by Gasteiger charge is -2.16. The number of rotatable bonds is 9. The highest BCUT2D eigenvalue weighted by Gasteiger charge is 2.10. The van der Waals surface area contributed by atoms with E-state index in [-0.39, 0.29) is 0 Å². The first-order valence-corrected chi connectivity index (χ1v) is 8.31. The third-order valence-corrected chi connectivity index (χ3v) is 4.60. The van der Waals surface area contributed by atoms with Crippen molar-refractivity contribution in [3.05, 3.63) is 15.2 Å². The molecule has 98 valence electrons. The molecular weight excluding hydrogens is 296 g/mol. The first-order valence-electron chi connectivity index (χ1n) is 6.63. The largest absolute Gasteiger partial charge is 0.491 e. The van der Waals surface area contributed by atoms with Crippen molar-refractivity contribution < 1.29 is 4.74 Å². The molecule has 1 nitrogen and oxygen atoms in total. The van der Waals surface area contributed by atoms with E-state index >= 15 is 0 Å². The summed E-state index contributed by atoms with van der Waals surface area (Å²) in [5.74, 6) is 1.73. The quantitative estimate of drug-likeness (QED) is 0.516. The van der Waals surface area contributed by atoms with Gasteiger partial charge >= 0.3 is 0 Å². The van der Waals surface area contributed by atoms with Crippen molar-refractivity contribution in [1.82, 2.24) is 0 Å². The average Bonchev–Trinajstić information content (AvgIpc) is 2.72. The number of ether oxygens (including phenoxy) is 1. The minimum atomic E-state index is 0.721. The Morgan fingerprint density at radius 3 is 2.65 bits per heavy atom. The lowest BCUT2D eigenvalue weighted by atomic mass is 9.97. The maximum absolute atomic E-state index is 5.89. The molecule has 0 saturated carbocycles. The van der Waals surface area contributed by atoms with E-state index in [2.05, 4.69) is 35.2 Å². The first kappa shape index (κ1) is 15.0. The second-order valence-corrected chi connectivity index (χ2v) is 6.75. The summed E-state index contributed by atoms with van der Waals surface area (Å²) in [6.45, 7) is 5.38. The second-order valence-electron chi connectivity index (χ2n) is 4.52. The molecule has 0 saturated heterocycles. The highest BCUT2D eigenvalue weighted by atomic mass is 79.9. The Balaban J connectivity index is 2.30. The van der Waals surface area contributed by atoms with E-state index in [1.165, 1.54) is 38.5 Å². The van der Waals surface area contributed by atoms with E-state index < -0.39 is 0 Å². The molecule has 1 unspecified atom stereocenters. The van der Waals surface area contributed by atoms with E-state index in [4.69, 9.17) is 4.74 Å². The molecule has 0 aromatic carbocycles. The molecule has 0 radical (unpaired) electrons. The number of hydrogen-bond acceptors (Lipinski definition) is 2. The summed E-state index contributed by atoms with van der Waals surface area (Å²) in [4.78, 5) is 0. The summed E-state index contributed by atoms with van der Waals surface area (Å²) in [7, 11) is 0. The molecule has 1 rings (SSSR count). The summed E-state index contributed by atoms with van der Waals surface area (Å²) in [5, 5.41) is 2.06. The smallest absolute Gasteiger partial charge is 0.144 e. The minimum absolute atomic E-state index is 0.721. The molecule has 0 aliphatic rings. The molecule has 1 heterocycles. The fraction of sp³-hybridized carbons (Fsp3) is 0.714. The van der Waals surface area contributed by atoms with Crippen LogP contribution in [0, 0.1) is 5.92 Å². The Hall–Kier alpha value is -0.0200. The fourth-order valence-electron chi connectivity index (χ4n) is 1.99.